The maximum absolute atomic E-state index is 12.5. The van der Waals surface area contributed by atoms with Crippen LogP contribution in [0.3, 0.4) is 0 Å². The van der Waals surface area contributed by atoms with Crippen LogP contribution in [-0.2, 0) is 11.2 Å². The van der Waals surface area contributed by atoms with Crippen LogP contribution >= 0.6 is 0 Å². The van der Waals surface area contributed by atoms with Crippen LogP contribution in [0, 0.1) is 0 Å². The monoisotopic (exact) mass is 288 g/mol. The lowest BCUT2D eigenvalue weighted by Gasteiger charge is -2.36. The van der Waals surface area contributed by atoms with E-state index in [1.165, 1.54) is 5.56 Å². The van der Waals surface area contributed by atoms with Gasteiger partial charge in [0.05, 0.1) is 6.10 Å². The van der Waals surface area contributed by atoms with Crippen molar-refractivity contribution in [2.75, 3.05) is 24.5 Å². The molecular formula is C17H24N2O2. The number of hydrogen-bond donors (Lipinski definition) is 1. The van der Waals surface area contributed by atoms with E-state index in [1.807, 2.05) is 23.1 Å². The minimum absolute atomic E-state index is 0.201. The third kappa shape index (κ3) is 3.11. The number of amides is 1. The fourth-order valence-corrected chi connectivity index (χ4v) is 3.44. The Morgan fingerprint density at radius 2 is 2.14 bits per heavy atom. The van der Waals surface area contributed by atoms with Crippen molar-refractivity contribution in [1.82, 2.24) is 4.90 Å². The highest BCUT2D eigenvalue weighted by Crippen LogP contribution is 2.28. The van der Waals surface area contributed by atoms with Gasteiger partial charge in [0.2, 0.25) is 5.91 Å². The maximum Gasteiger partial charge on any atom is 0.228 e. The van der Waals surface area contributed by atoms with Crippen molar-refractivity contribution in [1.29, 1.82) is 0 Å². The Morgan fingerprint density at radius 3 is 3.00 bits per heavy atom. The molecule has 0 aromatic heterocycles. The highest BCUT2D eigenvalue weighted by atomic mass is 16.3. The van der Waals surface area contributed by atoms with Crippen molar-refractivity contribution in [3.63, 3.8) is 0 Å². The van der Waals surface area contributed by atoms with Crippen molar-refractivity contribution in [3.05, 3.63) is 29.8 Å². The molecule has 0 aliphatic carbocycles. The number of aliphatic hydroxyl groups is 1. The first-order chi connectivity index (χ1) is 10.1. The normalized spacial score (nSPS) is 25.9. The predicted octanol–water partition coefficient (Wildman–Crippen LogP) is 1.81. The molecule has 1 amide bonds. The summed E-state index contributed by atoms with van der Waals surface area (Å²) in [5, 5.41) is 9.77. The number of carbonyl (C=O) groups is 1. The van der Waals surface area contributed by atoms with Gasteiger partial charge in [0, 0.05) is 37.8 Å². The van der Waals surface area contributed by atoms with Crippen LogP contribution in [0.1, 0.15) is 31.7 Å². The van der Waals surface area contributed by atoms with Crippen LogP contribution in [0.2, 0.25) is 0 Å². The second kappa shape index (κ2) is 6.16. The number of rotatable bonds is 3. The van der Waals surface area contributed by atoms with Gasteiger partial charge in [0.1, 0.15) is 0 Å². The Balaban J connectivity index is 1.58. The van der Waals surface area contributed by atoms with Crippen LogP contribution < -0.4 is 4.90 Å². The molecule has 1 aromatic carbocycles. The van der Waals surface area contributed by atoms with E-state index in [-0.39, 0.29) is 12.0 Å². The number of β-amino-alcohol motifs (C(OH)–C–C–N with tert-alkyl or cyclic N) is 1. The minimum atomic E-state index is -0.233. The number of carbonyl (C=O) groups excluding carboxylic acids is 1. The van der Waals surface area contributed by atoms with E-state index in [4.69, 9.17) is 0 Å². The number of nitrogens with zero attached hydrogens (tertiary/aromatic N) is 2. The number of benzene rings is 1. The molecule has 114 valence electrons. The van der Waals surface area contributed by atoms with E-state index in [1.54, 1.807) is 0 Å². The zero-order valence-corrected chi connectivity index (χ0v) is 12.7. The molecule has 1 saturated heterocycles. The SMILES string of the molecule is C[C@@H]1CC[C@H](O)CN1CCC(=O)N1CCc2ccccc21. The van der Waals surface area contributed by atoms with Crippen molar-refractivity contribution in [3.8, 4) is 0 Å². The van der Waals surface area contributed by atoms with Crippen LogP contribution in [0.4, 0.5) is 5.69 Å². The molecule has 1 fully saturated rings. The molecule has 0 bridgehead atoms. The average Bonchev–Trinajstić information content (AvgIpc) is 2.92. The lowest BCUT2D eigenvalue weighted by molar-refractivity contribution is -0.119. The highest BCUT2D eigenvalue weighted by Gasteiger charge is 2.27. The highest BCUT2D eigenvalue weighted by molar-refractivity contribution is 5.95. The Morgan fingerprint density at radius 1 is 1.33 bits per heavy atom. The third-order valence-corrected chi connectivity index (χ3v) is 4.79. The first-order valence-corrected chi connectivity index (χ1v) is 7.95. The number of anilines is 1. The van der Waals surface area contributed by atoms with E-state index in [2.05, 4.69) is 17.9 Å². The van der Waals surface area contributed by atoms with E-state index >= 15 is 0 Å². The van der Waals surface area contributed by atoms with Crippen molar-refractivity contribution >= 4 is 11.6 Å². The van der Waals surface area contributed by atoms with Gasteiger partial charge in [-0.15, -0.1) is 0 Å². The standard InChI is InChI=1S/C17H24N2O2/c1-13-6-7-15(20)12-18(13)10-9-17(21)19-11-8-14-4-2-3-5-16(14)19/h2-5,13,15,20H,6-12H2,1H3/t13-,15+/m1/s1. The second-order valence-corrected chi connectivity index (χ2v) is 6.25. The molecule has 2 atom stereocenters. The van der Waals surface area contributed by atoms with Crippen molar-refractivity contribution in [2.24, 2.45) is 0 Å². The first kappa shape index (κ1) is 14.5. The van der Waals surface area contributed by atoms with Crippen molar-refractivity contribution in [2.45, 2.75) is 44.8 Å². The summed E-state index contributed by atoms with van der Waals surface area (Å²) < 4.78 is 0. The van der Waals surface area contributed by atoms with Gasteiger partial charge in [0.25, 0.3) is 0 Å². The predicted molar refractivity (Wildman–Crippen MR) is 83.4 cm³/mol. The third-order valence-electron chi connectivity index (χ3n) is 4.79. The fraction of sp³-hybridized carbons (Fsp3) is 0.588. The summed E-state index contributed by atoms with van der Waals surface area (Å²) in [4.78, 5) is 16.6. The summed E-state index contributed by atoms with van der Waals surface area (Å²) in [6.45, 7) is 4.43. The second-order valence-electron chi connectivity index (χ2n) is 6.25. The van der Waals surface area contributed by atoms with Gasteiger partial charge in [-0.1, -0.05) is 18.2 Å². The summed E-state index contributed by atoms with van der Waals surface area (Å²) in [5.74, 6) is 0.201. The smallest absolute Gasteiger partial charge is 0.228 e. The Kier molecular flexibility index (Phi) is 4.27. The lowest BCUT2D eigenvalue weighted by Crippen LogP contribution is -2.45. The van der Waals surface area contributed by atoms with Crippen molar-refractivity contribution < 1.29 is 9.90 Å². The number of hydrogen-bond acceptors (Lipinski definition) is 3. The summed E-state index contributed by atoms with van der Waals surface area (Å²) in [6.07, 6.45) is 3.16. The van der Waals surface area contributed by atoms with Gasteiger partial charge in [0.15, 0.2) is 0 Å². The topological polar surface area (TPSA) is 43.8 Å². The largest absolute Gasteiger partial charge is 0.392 e. The van der Waals surface area contributed by atoms with Crippen LogP contribution in [0.15, 0.2) is 24.3 Å². The molecular weight excluding hydrogens is 264 g/mol. The minimum Gasteiger partial charge on any atom is -0.392 e. The van der Waals surface area contributed by atoms with Crippen LogP contribution in [-0.4, -0.2) is 47.7 Å². The number of likely N-dealkylation sites (tertiary alicyclic amines) is 1. The van der Waals surface area contributed by atoms with Crippen LogP contribution in [0.5, 0.6) is 0 Å². The Labute approximate surface area is 126 Å². The molecule has 2 heterocycles. The van der Waals surface area contributed by atoms with Gasteiger partial charge >= 0.3 is 0 Å². The fourth-order valence-electron chi connectivity index (χ4n) is 3.44. The van der Waals surface area contributed by atoms with Gasteiger partial charge in [-0.3, -0.25) is 9.69 Å². The van der Waals surface area contributed by atoms with E-state index < -0.39 is 0 Å². The van der Waals surface area contributed by atoms with E-state index in [0.29, 0.717) is 19.0 Å². The molecule has 4 nitrogen and oxygen atoms in total. The average molecular weight is 288 g/mol. The summed E-state index contributed by atoms with van der Waals surface area (Å²) in [5.41, 5.74) is 2.35. The molecule has 1 aromatic rings. The van der Waals surface area contributed by atoms with Gasteiger partial charge < -0.3 is 10.0 Å². The summed E-state index contributed by atoms with van der Waals surface area (Å²) >= 11 is 0. The molecule has 2 aliphatic rings. The molecule has 2 aliphatic heterocycles. The van der Waals surface area contributed by atoms with Crippen LogP contribution in [0.25, 0.3) is 0 Å². The molecule has 1 N–H and O–H groups in total. The summed E-state index contributed by atoms with van der Waals surface area (Å²) in [7, 11) is 0. The zero-order chi connectivity index (χ0) is 14.8. The molecule has 0 unspecified atom stereocenters. The molecule has 4 heteroatoms. The molecule has 0 spiro atoms. The first-order valence-electron chi connectivity index (χ1n) is 7.95. The molecule has 0 saturated carbocycles. The van der Waals surface area contributed by atoms with Gasteiger partial charge in [-0.2, -0.15) is 0 Å². The van der Waals surface area contributed by atoms with E-state index in [9.17, 15) is 9.90 Å². The molecule has 21 heavy (non-hydrogen) atoms. The number of para-hydroxylation sites is 1. The number of piperidine rings is 1. The maximum atomic E-state index is 12.5. The zero-order valence-electron chi connectivity index (χ0n) is 12.7. The number of aliphatic hydroxyl groups excluding tert-OH is 1. The molecule has 3 rings (SSSR count). The van der Waals surface area contributed by atoms with Gasteiger partial charge in [-0.05, 0) is 37.8 Å². The number of fused-ring (bicyclic) bond motifs is 1. The Hall–Kier alpha value is -1.39. The lowest BCUT2D eigenvalue weighted by atomic mass is 10.0. The van der Waals surface area contributed by atoms with Gasteiger partial charge in [-0.25, -0.2) is 0 Å². The van der Waals surface area contributed by atoms with E-state index in [0.717, 1.165) is 38.0 Å². The Bertz CT molecular complexity index is 517. The molecule has 0 radical (unpaired) electrons. The quantitative estimate of drug-likeness (QED) is 0.922. The summed E-state index contributed by atoms with van der Waals surface area (Å²) in [6, 6.07) is 8.63.